The molecule has 1 heterocycles. The van der Waals surface area contributed by atoms with E-state index in [0.29, 0.717) is 0 Å². The number of thiophene rings is 1. The van der Waals surface area contributed by atoms with Gasteiger partial charge in [-0.2, -0.15) is 0 Å². The Kier molecular flexibility index (Phi) is 2.65. The molecule has 100 valence electrons. The smallest absolute Gasteiger partial charge is 0.258 e. The van der Waals surface area contributed by atoms with Crippen molar-refractivity contribution in [1.29, 1.82) is 0 Å². The van der Waals surface area contributed by atoms with Gasteiger partial charge in [-0.05, 0) is 16.5 Å². The Balaban J connectivity index is 2.41. The number of benzene rings is 2. The molecule has 3 aromatic rings. The van der Waals surface area contributed by atoms with Crippen LogP contribution in [0.3, 0.4) is 0 Å². The Morgan fingerprint density at radius 2 is 1.45 bits per heavy atom. The molecule has 0 aliphatic heterocycles. The number of aryl methyl sites for hydroxylation is 1. The third-order valence-corrected chi connectivity index (χ3v) is 5.31. The van der Waals surface area contributed by atoms with Gasteiger partial charge in [0, 0.05) is 29.7 Å². The molecule has 1 aromatic heterocycles. The van der Waals surface area contributed by atoms with Gasteiger partial charge in [0.25, 0.3) is 11.4 Å². The van der Waals surface area contributed by atoms with Crippen molar-refractivity contribution in [1.82, 2.24) is 0 Å². The first-order valence-electron chi connectivity index (χ1n) is 5.72. The fourth-order valence-electron chi connectivity index (χ4n) is 2.33. The molecule has 0 fully saturated rings. The molecule has 0 N–H and O–H groups in total. The molecule has 1 unspecified atom stereocenters. The second kappa shape index (κ2) is 4.24. The highest BCUT2D eigenvalue weighted by Crippen LogP contribution is 2.43. The molecule has 0 saturated carbocycles. The molecular weight excluding hydrogens is 280 g/mol. The summed E-state index contributed by atoms with van der Waals surface area (Å²) in [5, 5.41) is 23.3. The summed E-state index contributed by atoms with van der Waals surface area (Å²) in [5.74, 6) is 0. The fraction of sp³-hybridized carbons (Fsp3) is 0.0769. The monoisotopic (exact) mass is 289 g/mol. The van der Waals surface area contributed by atoms with E-state index in [2.05, 4.69) is 0 Å². The van der Waals surface area contributed by atoms with Crippen molar-refractivity contribution in [3.63, 3.8) is 0 Å². The van der Waals surface area contributed by atoms with Gasteiger partial charge in [0.2, 0.25) is 0 Å². The normalized spacial score (nSPS) is 11.9. The molecule has 3 rings (SSSR count). The van der Waals surface area contributed by atoms with Gasteiger partial charge in [-0.15, -0.1) is 0 Å². The van der Waals surface area contributed by atoms with Gasteiger partial charge in [-0.25, -0.2) is 0 Å². The third-order valence-electron chi connectivity index (χ3n) is 3.30. The molecule has 20 heavy (non-hydrogen) atoms. The first-order chi connectivity index (χ1) is 9.49. The topological polar surface area (TPSA) is 86.3 Å². The SMILES string of the molecule is C[s+]1c2ccc([N+](=O)[O-])cc2c2ccc([N+](=O)[O-])cc21. The highest BCUT2D eigenvalue weighted by atomic mass is 32.2. The zero-order chi connectivity index (χ0) is 14.4. The van der Waals surface area contributed by atoms with Crippen LogP contribution >= 0.6 is 10.5 Å². The molecule has 0 spiro atoms. The average Bonchev–Trinajstić information content (AvgIpc) is 2.71. The molecule has 0 amide bonds. The zero-order valence-corrected chi connectivity index (χ0v) is 11.2. The van der Waals surface area contributed by atoms with Gasteiger partial charge in [-0.1, -0.05) is 0 Å². The maximum absolute atomic E-state index is 10.9. The Bertz CT molecular complexity index is 885. The van der Waals surface area contributed by atoms with Crippen LogP contribution in [0.1, 0.15) is 0 Å². The number of hydrogen-bond acceptors (Lipinski definition) is 4. The second-order valence-electron chi connectivity index (χ2n) is 4.39. The number of nitro groups is 2. The number of nitrogens with zero attached hydrogens (tertiary/aromatic N) is 2. The highest BCUT2D eigenvalue weighted by molar-refractivity contribution is 7.41. The molecule has 0 aliphatic rings. The van der Waals surface area contributed by atoms with Crippen LogP contribution in [-0.4, -0.2) is 9.85 Å². The van der Waals surface area contributed by atoms with Crippen LogP contribution in [-0.2, 0) is 6.26 Å². The van der Waals surface area contributed by atoms with Crippen LogP contribution in [0, 0.1) is 20.2 Å². The summed E-state index contributed by atoms with van der Waals surface area (Å²) in [4.78, 5) is 20.8. The van der Waals surface area contributed by atoms with E-state index in [1.54, 1.807) is 18.2 Å². The van der Waals surface area contributed by atoms with E-state index in [1.807, 2.05) is 6.26 Å². The minimum Gasteiger partial charge on any atom is -0.258 e. The first kappa shape index (κ1) is 12.5. The van der Waals surface area contributed by atoms with Crippen LogP contribution in [0.5, 0.6) is 0 Å². The van der Waals surface area contributed by atoms with Crippen LogP contribution in [0.4, 0.5) is 11.4 Å². The maximum atomic E-state index is 10.9. The average molecular weight is 289 g/mol. The standard InChI is InChI=1S/C13H9N2O4S/c1-20-12-5-3-8(14(16)17)6-11(12)10-4-2-9(15(18)19)7-13(10)20/h2-7H,1H3/q+1. The molecule has 0 saturated heterocycles. The third kappa shape index (κ3) is 1.71. The van der Waals surface area contributed by atoms with Crippen LogP contribution in [0.15, 0.2) is 36.4 Å². The molecule has 0 bridgehead atoms. The van der Waals surface area contributed by atoms with Gasteiger partial charge in [0.05, 0.1) is 21.3 Å². The molecular formula is C13H9N2O4S+. The van der Waals surface area contributed by atoms with Crippen molar-refractivity contribution < 1.29 is 9.85 Å². The van der Waals surface area contributed by atoms with Gasteiger partial charge in [0.1, 0.15) is 6.26 Å². The molecule has 7 heteroatoms. The lowest BCUT2D eigenvalue weighted by atomic mass is 10.1. The number of rotatable bonds is 2. The molecule has 6 nitrogen and oxygen atoms in total. The van der Waals surface area contributed by atoms with Gasteiger partial charge < -0.3 is 0 Å². The Hall–Kier alpha value is -2.54. The van der Waals surface area contributed by atoms with Crippen LogP contribution in [0.2, 0.25) is 0 Å². The van der Waals surface area contributed by atoms with E-state index in [9.17, 15) is 20.2 Å². The van der Waals surface area contributed by atoms with Crippen molar-refractivity contribution in [3.05, 3.63) is 56.6 Å². The predicted molar refractivity (Wildman–Crippen MR) is 78.2 cm³/mol. The summed E-state index contributed by atoms with van der Waals surface area (Å²) in [6, 6.07) is 9.42. The van der Waals surface area contributed by atoms with E-state index >= 15 is 0 Å². The quantitative estimate of drug-likeness (QED) is 0.404. The summed E-state index contributed by atoms with van der Waals surface area (Å²) >= 11 is 0. The lowest BCUT2D eigenvalue weighted by Crippen LogP contribution is -1.86. The number of fused-ring (bicyclic) bond motifs is 3. The van der Waals surface area contributed by atoms with Gasteiger partial charge in [0.15, 0.2) is 9.40 Å². The fourth-order valence-corrected chi connectivity index (χ4v) is 4.14. The largest absolute Gasteiger partial charge is 0.274 e. The lowest BCUT2D eigenvalue weighted by molar-refractivity contribution is -0.384. The van der Waals surface area contributed by atoms with Crippen molar-refractivity contribution in [2.45, 2.75) is 0 Å². The zero-order valence-electron chi connectivity index (χ0n) is 10.4. The first-order valence-corrected chi connectivity index (χ1v) is 7.35. The molecule has 0 aliphatic carbocycles. The number of non-ortho nitro benzene ring substituents is 2. The van der Waals surface area contributed by atoms with Gasteiger partial charge >= 0.3 is 0 Å². The van der Waals surface area contributed by atoms with E-state index < -0.39 is 9.85 Å². The Morgan fingerprint density at radius 1 is 0.850 bits per heavy atom. The highest BCUT2D eigenvalue weighted by Gasteiger charge is 2.22. The molecule has 1 atom stereocenters. The number of hydrogen-bond donors (Lipinski definition) is 0. The van der Waals surface area contributed by atoms with Crippen molar-refractivity contribution in [2.24, 2.45) is 6.26 Å². The summed E-state index contributed by atoms with van der Waals surface area (Å²) in [6.07, 6.45) is 1.97. The van der Waals surface area contributed by atoms with E-state index in [0.717, 1.165) is 20.2 Å². The van der Waals surface area contributed by atoms with Gasteiger partial charge in [-0.3, -0.25) is 20.2 Å². The number of nitro benzene ring substituents is 2. The summed E-state index contributed by atoms with van der Waals surface area (Å²) < 4.78 is 1.86. The predicted octanol–water partition coefficient (Wildman–Crippen LogP) is 4.10. The van der Waals surface area contributed by atoms with E-state index in [4.69, 9.17) is 0 Å². The van der Waals surface area contributed by atoms with Crippen molar-refractivity contribution in [3.8, 4) is 0 Å². The lowest BCUT2D eigenvalue weighted by Gasteiger charge is -1.90. The maximum Gasteiger partial charge on any atom is 0.274 e. The molecule has 2 aromatic carbocycles. The van der Waals surface area contributed by atoms with Crippen molar-refractivity contribution >= 4 is 42.0 Å². The summed E-state index contributed by atoms with van der Waals surface area (Å²) in [7, 11) is -0.298. The Morgan fingerprint density at radius 3 is 2.10 bits per heavy atom. The van der Waals surface area contributed by atoms with E-state index in [1.165, 1.54) is 18.2 Å². The minimum absolute atomic E-state index is 0.0342. The van der Waals surface area contributed by atoms with Crippen LogP contribution < -0.4 is 0 Å². The molecule has 0 radical (unpaired) electrons. The minimum atomic E-state index is -0.433. The Labute approximate surface area is 115 Å². The van der Waals surface area contributed by atoms with E-state index in [-0.39, 0.29) is 21.8 Å². The van der Waals surface area contributed by atoms with Crippen LogP contribution in [0.25, 0.3) is 20.2 Å². The van der Waals surface area contributed by atoms with Crippen molar-refractivity contribution in [2.75, 3.05) is 0 Å². The summed E-state index contributed by atoms with van der Waals surface area (Å²) in [5.41, 5.74) is 0.0809. The second-order valence-corrected chi connectivity index (χ2v) is 6.29. The summed E-state index contributed by atoms with van der Waals surface area (Å²) in [6.45, 7) is 0.